The van der Waals surface area contributed by atoms with E-state index in [0.29, 0.717) is 22.4 Å². The predicted octanol–water partition coefficient (Wildman–Crippen LogP) is 1.28. The molecular formula is C12H15ClN6OS. The number of rotatable bonds is 7. The van der Waals surface area contributed by atoms with E-state index in [2.05, 4.69) is 26.2 Å². The van der Waals surface area contributed by atoms with Crippen LogP contribution in [0.15, 0.2) is 29.4 Å². The van der Waals surface area contributed by atoms with Crippen LogP contribution >= 0.6 is 23.4 Å². The predicted molar refractivity (Wildman–Crippen MR) is 82.5 cm³/mol. The second-order valence-corrected chi connectivity index (χ2v) is 5.51. The van der Waals surface area contributed by atoms with Gasteiger partial charge in [0.2, 0.25) is 11.1 Å². The Balaban J connectivity index is 1.83. The highest BCUT2D eigenvalue weighted by Gasteiger charge is 2.09. The number of tetrazole rings is 1. The molecule has 0 aliphatic carbocycles. The Morgan fingerprint density at radius 2 is 2.14 bits per heavy atom. The van der Waals surface area contributed by atoms with E-state index in [4.69, 9.17) is 11.6 Å². The van der Waals surface area contributed by atoms with Crippen LogP contribution in [0.5, 0.6) is 0 Å². The van der Waals surface area contributed by atoms with Gasteiger partial charge in [-0.1, -0.05) is 23.4 Å². The minimum Gasteiger partial charge on any atom is -0.325 e. The minimum atomic E-state index is -0.120. The molecule has 0 saturated carbocycles. The molecule has 0 bridgehead atoms. The number of nitrogens with one attached hydrogen (secondary N) is 2. The van der Waals surface area contributed by atoms with Gasteiger partial charge in [0.25, 0.3) is 0 Å². The Morgan fingerprint density at radius 1 is 1.38 bits per heavy atom. The van der Waals surface area contributed by atoms with Crippen molar-refractivity contribution in [1.29, 1.82) is 0 Å². The van der Waals surface area contributed by atoms with Crippen LogP contribution in [0.4, 0.5) is 5.69 Å². The molecule has 21 heavy (non-hydrogen) atoms. The number of carbonyl (C=O) groups is 1. The van der Waals surface area contributed by atoms with Crippen molar-refractivity contribution < 1.29 is 4.79 Å². The van der Waals surface area contributed by atoms with Crippen LogP contribution in [0.1, 0.15) is 0 Å². The van der Waals surface area contributed by atoms with Gasteiger partial charge in [0.1, 0.15) is 0 Å². The van der Waals surface area contributed by atoms with Gasteiger partial charge >= 0.3 is 0 Å². The normalized spacial score (nSPS) is 10.6. The van der Waals surface area contributed by atoms with Gasteiger partial charge in [-0.05, 0) is 41.7 Å². The molecule has 0 aliphatic heterocycles. The second kappa shape index (κ2) is 7.96. The highest BCUT2D eigenvalue weighted by atomic mass is 35.5. The monoisotopic (exact) mass is 326 g/mol. The average molecular weight is 327 g/mol. The van der Waals surface area contributed by atoms with E-state index < -0.39 is 0 Å². The molecule has 1 aromatic carbocycles. The van der Waals surface area contributed by atoms with Crippen molar-refractivity contribution in [3.8, 4) is 0 Å². The Bertz CT molecular complexity index is 588. The summed E-state index contributed by atoms with van der Waals surface area (Å²) < 4.78 is 1.66. The maximum absolute atomic E-state index is 11.9. The molecule has 2 rings (SSSR count). The van der Waals surface area contributed by atoms with Crippen molar-refractivity contribution in [3.63, 3.8) is 0 Å². The maximum atomic E-state index is 11.9. The Kier molecular flexibility index (Phi) is 5.97. The molecule has 0 radical (unpaired) electrons. The third-order valence-corrected chi connectivity index (χ3v) is 3.74. The van der Waals surface area contributed by atoms with Crippen LogP contribution in [0.2, 0.25) is 5.02 Å². The van der Waals surface area contributed by atoms with Crippen LogP contribution in [0.25, 0.3) is 0 Å². The van der Waals surface area contributed by atoms with Crippen molar-refractivity contribution in [3.05, 3.63) is 29.3 Å². The molecule has 0 aliphatic rings. The summed E-state index contributed by atoms with van der Waals surface area (Å²) in [6.07, 6.45) is 0. The molecular weight excluding hydrogens is 312 g/mol. The molecule has 112 valence electrons. The van der Waals surface area contributed by atoms with E-state index in [1.165, 1.54) is 11.8 Å². The lowest BCUT2D eigenvalue weighted by atomic mass is 10.3. The van der Waals surface area contributed by atoms with Crippen LogP contribution in [-0.4, -0.2) is 45.5 Å². The molecule has 0 unspecified atom stereocenters. The standard InChI is InChI=1S/C12H15ClN6OS/c1-14-6-7-19-12(16-17-18-19)21-8-11(20)15-10-4-2-9(13)3-5-10/h2-5,14H,6-8H2,1H3,(H,15,20). The van der Waals surface area contributed by atoms with Gasteiger partial charge in [0.05, 0.1) is 12.3 Å². The zero-order valence-corrected chi connectivity index (χ0v) is 13.0. The first-order chi connectivity index (χ1) is 10.2. The number of hydrogen-bond acceptors (Lipinski definition) is 6. The summed E-state index contributed by atoms with van der Waals surface area (Å²) in [5.41, 5.74) is 0.708. The number of nitrogens with zero attached hydrogens (tertiary/aromatic N) is 4. The number of halogens is 1. The zero-order valence-electron chi connectivity index (χ0n) is 11.4. The van der Waals surface area contributed by atoms with Gasteiger partial charge in [0.15, 0.2) is 0 Å². The first-order valence-corrected chi connectivity index (χ1v) is 7.64. The van der Waals surface area contributed by atoms with Crippen LogP contribution in [-0.2, 0) is 11.3 Å². The van der Waals surface area contributed by atoms with Crippen molar-refractivity contribution >= 4 is 35.0 Å². The lowest BCUT2D eigenvalue weighted by molar-refractivity contribution is -0.113. The molecule has 0 spiro atoms. The quantitative estimate of drug-likeness (QED) is 0.746. The second-order valence-electron chi connectivity index (χ2n) is 4.13. The Hall–Kier alpha value is -1.64. The molecule has 2 N–H and O–H groups in total. The van der Waals surface area contributed by atoms with E-state index in [9.17, 15) is 4.79 Å². The number of aromatic nitrogens is 4. The molecule has 0 fully saturated rings. The first kappa shape index (κ1) is 15.7. The van der Waals surface area contributed by atoms with Gasteiger partial charge in [-0.15, -0.1) is 5.10 Å². The lowest BCUT2D eigenvalue weighted by Gasteiger charge is -2.05. The Labute approximate surface area is 131 Å². The van der Waals surface area contributed by atoms with E-state index in [-0.39, 0.29) is 11.7 Å². The van der Waals surface area contributed by atoms with Gasteiger partial charge in [-0.25, -0.2) is 4.68 Å². The maximum Gasteiger partial charge on any atom is 0.234 e. The topological polar surface area (TPSA) is 84.7 Å². The van der Waals surface area contributed by atoms with Gasteiger partial charge in [0, 0.05) is 17.3 Å². The number of likely N-dealkylation sites (N-methyl/N-ethyl adjacent to an activating group) is 1. The summed E-state index contributed by atoms with van der Waals surface area (Å²) in [5, 5.41) is 18.4. The fourth-order valence-electron chi connectivity index (χ4n) is 1.52. The fraction of sp³-hybridized carbons (Fsp3) is 0.333. The molecule has 1 aromatic heterocycles. The fourth-order valence-corrected chi connectivity index (χ4v) is 2.35. The lowest BCUT2D eigenvalue weighted by Crippen LogP contribution is -2.18. The summed E-state index contributed by atoms with van der Waals surface area (Å²) in [6, 6.07) is 6.95. The van der Waals surface area contributed by atoms with Gasteiger partial charge in [-0.2, -0.15) is 0 Å². The minimum absolute atomic E-state index is 0.120. The number of anilines is 1. The number of thioether (sulfide) groups is 1. The van der Waals surface area contributed by atoms with Gasteiger partial charge in [-0.3, -0.25) is 4.79 Å². The average Bonchev–Trinajstić information content (AvgIpc) is 2.93. The summed E-state index contributed by atoms with van der Waals surface area (Å²) in [6.45, 7) is 1.42. The van der Waals surface area contributed by atoms with Crippen molar-refractivity contribution in [2.24, 2.45) is 0 Å². The molecule has 9 heteroatoms. The van der Waals surface area contributed by atoms with Crippen LogP contribution in [0, 0.1) is 0 Å². The van der Waals surface area contributed by atoms with Gasteiger partial charge < -0.3 is 10.6 Å². The van der Waals surface area contributed by atoms with Crippen molar-refractivity contribution in [2.45, 2.75) is 11.7 Å². The third kappa shape index (κ3) is 5.00. The van der Waals surface area contributed by atoms with Crippen LogP contribution in [0.3, 0.4) is 0 Å². The number of benzene rings is 1. The largest absolute Gasteiger partial charge is 0.325 e. The summed E-state index contributed by atoms with van der Waals surface area (Å²) >= 11 is 7.08. The van der Waals surface area contributed by atoms with E-state index in [1.54, 1.807) is 28.9 Å². The summed E-state index contributed by atoms with van der Waals surface area (Å²) in [7, 11) is 1.86. The van der Waals surface area contributed by atoms with Crippen molar-refractivity contribution in [2.75, 3.05) is 24.7 Å². The molecule has 2 aromatic rings. The highest BCUT2D eigenvalue weighted by molar-refractivity contribution is 7.99. The molecule has 7 nitrogen and oxygen atoms in total. The molecule has 0 saturated heterocycles. The molecule has 0 atom stereocenters. The number of hydrogen-bond donors (Lipinski definition) is 2. The number of amides is 1. The van der Waals surface area contributed by atoms with Crippen molar-refractivity contribution in [1.82, 2.24) is 25.5 Å². The van der Waals surface area contributed by atoms with E-state index in [0.717, 1.165) is 6.54 Å². The SMILES string of the molecule is CNCCn1nnnc1SCC(=O)Nc1ccc(Cl)cc1. The zero-order chi connectivity index (χ0) is 15.1. The van der Waals surface area contributed by atoms with E-state index >= 15 is 0 Å². The number of carbonyl (C=O) groups excluding carboxylic acids is 1. The first-order valence-electron chi connectivity index (χ1n) is 6.28. The summed E-state index contributed by atoms with van der Waals surface area (Å²) in [5.74, 6) is 0.119. The van der Waals surface area contributed by atoms with Crippen LogP contribution < -0.4 is 10.6 Å². The Morgan fingerprint density at radius 3 is 2.86 bits per heavy atom. The summed E-state index contributed by atoms with van der Waals surface area (Å²) in [4.78, 5) is 11.9. The van der Waals surface area contributed by atoms with E-state index in [1.807, 2.05) is 7.05 Å². The smallest absolute Gasteiger partial charge is 0.234 e. The third-order valence-electron chi connectivity index (χ3n) is 2.53. The molecule has 1 heterocycles. The molecule has 1 amide bonds. The highest BCUT2D eigenvalue weighted by Crippen LogP contribution is 2.16.